The lowest BCUT2D eigenvalue weighted by atomic mass is 10.3. The largest absolute Gasteiger partial charge is 0.461 e. The lowest BCUT2D eigenvalue weighted by molar-refractivity contribution is -0.149. The van der Waals surface area contributed by atoms with Crippen LogP contribution in [0.4, 0.5) is 0 Å². The molecule has 0 amide bonds. The molecule has 2 aromatic rings. The van der Waals surface area contributed by atoms with Crippen LogP contribution in [-0.2, 0) is 26.1 Å². The average Bonchev–Trinajstić information content (AvgIpc) is 3.54. The number of fused-ring (bicyclic) bond motifs is 1. The van der Waals surface area contributed by atoms with Crippen LogP contribution in [0, 0.1) is 0 Å². The van der Waals surface area contributed by atoms with Gasteiger partial charge >= 0.3 is 5.97 Å². The van der Waals surface area contributed by atoms with E-state index in [4.69, 9.17) is 9.72 Å². The predicted molar refractivity (Wildman–Crippen MR) is 129 cm³/mol. The van der Waals surface area contributed by atoms with Gasteiger partial charge in [0.1, 0.15) is 6.54 Å². The second-order valence-corrected chi connectivity index (χ2v) is 11.5. The van der Waals surface area contributed by atoms with E-state index in [-0.39, 0.29) is 30.4 Å². The first-order valence-electron chi connectivity index (χ1n) is 11.6. The van der Waals surface area contributed by atoms with Crippen molar-refractivity contribution in [2.24, 2.45) is 0 Å². The zero-order valence-corrected chi connectivity index (χ0v) is 21.0. The van der Waals surface area contributed by atoms with Crippen LogP contribution >= 0.6 is 11.8 Å². The van der Waals surface area contributed by atoms with Crippen molar-refractivity contribution in [3.05, 3.63) is 24.3 Å². The van der Waals surface area contributed by atoms with Crippen molar-refractivity contribution < 1.29 is 17.9 Å². The maximum absolute atomic E-state index is 12.7. The van der Waals surface area contributed by atoms with E-state index in [1.54, 1.807) is 16.1 Å². The van der Waals surface area contributed by atoms with Gasteiger partial charge in [0, 0.05) is 18.3 Å². The molecular formula is C23H35N3O4S2. The number of ether oxygens (including phenoxy) is 1. The van der Waals surface area contributed by atoms with Crippen molar-refractivity contribution in [3.8, 4) is 0 Å². The maximum atomic E-state index is 12.7. The Morgan fingerprint density at radius 3 is 2.72 bits per heavy atom. The summed E-state index contributed by atoms with van der Waals surface area (Å²) in [5.74, 6) is 0.698. The number of sulfonamides is 1. The van der Waals surface area contributed by atoms with E-state index in [1.807, 2.05) is 49.6 Å². The quantitative estimate of drug-likeness (QED) is 0.225. The number of hydrogen-bond acceptors (Lipinski definition) is 6. The van der Waals surface area contributed by atoms with E-state index in [0.717, 1.165) is 54.0 Å². The molecule has 7 nitrogen and oxygen atoms in total. The fraction of sp³-hybridized carbons (Fsp3) is 0.652. The molecule has 1 fully saturated rings. The van der Waals surface area contributed by atoms with Crippen LogP contribution in [0.25, 0.3) is 11.0 Å². The van der Waals surface area contributed by atoms with E-state index < -0.39 is 10.0 Å². The van der Waals surface area contributed by atoms with Gasteiger partial charge in [0.05, 0.1) is 22.9 Å². The molecule has 32 heavy (non-hydrogen) atoms. The van der Waals surface area contributed by atoms with Gasteiger partial charge in [-0.3, -0.25) is 4.79 Å². The highest BCUT2D eigenvalue weighted by atomic mass is 32.2. The normalized spacial score (nSPS) is 15.4. The summed E-state index contributed by atoms with van der Waals surface area (Å²) in [6, 6.07) is 7.94. The molecule has 0 saturated heterocycles. The van der Waals surface area contributed by atoms with Crippen molar-refractivity contribution in [1.29, 1.82) is 0 Å². The van der Waals surface area contributed by atoms with Crippen LogP contribution in [0.2, 0.25) is 0 Å². The molecule has 1 aliphatic rings. The molecule has 9 heteroatoms. The highest BCUT2D eigenvalue weighted by Crippen LogP contribution is 2.31. The SMILES string of the molecule is CCCCS(=O)(=O)N(CCCSc1nc2ccccc2n1CC(=O)OC(C)CC)C1CC1. The number of unbranched alkanes of at least 4 members (excludes halogenated alkanes) is 1. The smallest absolute Gasteiger partial charge is 0.326 e. The number of nitrogens with zero attached hydrogens (tertiary/aromatic N) is 3. The van der Waals surface area contributed by atoms with Crippen molar-refractivity contribution in [2.75, 3.05) is 18.1 Å². The molecule has 0 radical (unpaired) electrons. The Balaban J connectivity index is 1.63. The Labute approximate surface area is 196 Å². The number of benzene rings is 1. The van der Waals surface area contributed by atoms with E-state index in [9.17, 15) is 13.2 Å². The van der Waals surface area contributed by atoms with E-state index >= 15 is 0 Å². The van der Waals surface area contributed by atoms with Crippen LogP contribution in [0.5, 0.6) is 0 Å². The summed E-state index contributed by atoms with van der Waals surface area (Å²) in [7, 11) is -3.18. The van der Waals surface area contributed by atoms with Crippen molar-refractivity contribution in [2.45, 2.75) is 83.1 Å². The predicted octanol–water partition coefficient (Wildman–Crippen LogP) is 4.45. The molecule has 1 heterocycles. The average molecular weight is 482 g/mol. The molecule has 1 aliphatic carbocycles. The van der Waals surface area contributed by atoms with Gasteiger partial charge in [-0.2, -0.15) is 4.31 Å². The molecule has 1 unspecified atom stereocenters. The summed E-state index contributed by atoms with van der Waals surface area (Å²) in [6.45, 7) is 6.55. The molecule has 1 atom stereocenters. The Morgan fingerprint density at radius 1 is 1.28 bits per heavy atom. The highest BCUT2D eigenvalue weighted by molar-refractivity contribution is 7.99. The Morgan fingerprint density at radius 2 is 2.03 bits per heavy atom. The second kappa shape index (κ2) is 11.5. The zero-order chi connectivity index (χ0) is 23.1. The summed E-state index contributed by atoms with van der Waals surface area (Å²) in [5, 5.41) is 0.763. The molecule has 3 rings (SSSR count). The summed E-state index contributed by atoms with van der Waals surface area (Å²) < 4.78 is 34.5. The number of carbonyl (C=O) groups excluding carboxylic acids is 1. The first-order chi connectivity index (χ1) is 15.4. The minimum absolute atomic E-state index is 0.114. The number of hydrogen-bond donors (Lipinski definition) is 0. The van der Waals surface area contributed by atoms with E-state index in [1.165, 1.54) is 0 Å². The van der Waals surface area contributed by atoms with Crippen molar-refractivity contribution in [1.82, 2.24) is 13.9 Å². The summed E-state index contributed by atoms with van der Waals surface area (Å²) in [5.41, 5.74) is 1.74. The molecular weight excluding hydrogens is 446 g/mol. The Kier molecular flexibility index (Phi) is 9.02. The molecule has 0 N–H and O–H groups in total. The maximum Gasteiger partial charge on any atom is 0.326 e. The number of imidazole rings is 1. The van der Waals surface area contributed by atoms with Crippen molar-refractivity contribution in [3.63, 3.8) is 0 Å². The lowest BCUT2D eigenvalue weighted by Gasteiger charge is -2.21. The van der Waals surface area contributed by atoms with Crippen LogP contribution in [-0.4, -0.2) is 58.4 Å². The first-order valence-corrected chi connectivity index (χ1v) is 14.2. The van der Waals surface area contributed by atoms with Gasteiger partial charge in [-0.25, -0.2) is 13.4 Å². The van der Waals surface area contributed by atoms with E-state index in [0.29, 0.717) is 13.0 Å². The minimum Gasteiger partial charge on any atom is -0.461 e. The van der Waals surface area contributed by atoms with Gasteiger partial charge in [0.2, 0.25) is 10.0 Å². The first kappa shape index (κ1) is 25.1. The third-order valence-electron chi connectivity index (χ3n) is 5.64. The molecule has 0 aliphatic heterocycles. The monoisotopic (exact) mass is 481 g/mol. The van der Waals surface area contributed by atoms with Crippen LogP contribution in [0.1, 0.15) is 59.3 Å². The molecule has 0 spiro atoms. The molecule has 1 aromatic heterocycles. The van der Waals surface area contributed by atoms with Gasteiger partial charge in [0.25, 0.3) is 0 Å². The third kappa shape index (κ3) is 6.71. The van der Waals surface area contributed by atoms with Gasteiger partial charge in [-0.05, 0) is 51.2 Å². The Bertz CT molecular complexity index is 1000. The summed E-state index contributed by atoms with van der Waals surface area (Å²) in [4.78, 5) is 17.1. The topological polar surface area (TPSA) is 81.5 Å². The second-order valence-electron chi connectivity index (χ2n) is 8.39. The van der Waals surface area contributed by atoms with Crippen LogP contribution < -0.4 is 0 Å². The summed E-state index contributed by atoms with van der Waals surface area (Å²) >= 11 is 1.56. The third-order valence-corrected chi connectivity index (χ3v) is 8.70. The van der Waals surface area contributed by atoms with Crippen LogP contribution in [0.3, 0.4) is 0 Å². The molecule has 0 bridgehead atoms. The number of carbonyl (C=O) groups is 1. The standard InChI is InChI=1S/C23H35N3O4S2/c1-4-6-16-32(28,29)26(19-12-13-19)14-9-15-31-23-24-20-10-7-8-11-21(20)25(23)17-22(27)30-18(3)5-2/h7-8,10-11,18-19H,4-6,9,12-17H2,1-3H3. The van der Waals surface area contributed by atoms with E-state index in [2.05, 4.69) is 0 Å². The van der Waals surface area contributed by atoms with Crippen LogP contribution in [0.15, 0.2) is 29.4 Å². The minimum atomic E-state index is -3.18. The number of rotatable bonds is 14. The zero-order valence-electron chi connectivity index (χ0n) is 19.3. The van der Waals surface area contributed by atoms with Gasteiger partial charge in [-0.1, -0.05) is 44.2 Å². The van der Waals surface area contributed by atoms with Gasteiger partial charge in [-0.15, -0.1) is 0 Å². The fourth-order valence-electron chi connectivity index (χ4n) is 3.53. The van der Waals surface area contributed by atoms with Crippen molar-refractivity contribution >= 4 is 38.8 Å². The highest BCUT2D eigenvalue weighted by Gasteiger charge is 2.36. The van der Waals surface area contributed by atoms with Gasteiger partial charge in [0.15, 0.2) is 5.16 Å². The number of aromatic nitrogens is 2. The molecule has 1 saturated carbocycles. The van der Waals surface area contributed by atoms with Gasteiger partial charge < -0.3 is 9.30 Å². The molecule has 178 valence electrons. The molecule has 1 aromatic carbocycles. The summed E-state index contributed by atoms with van der Waals surface area (Å²) in [6.07, 6.45) is 4.92. The fourth-order valence-corrected chi connectivity index (χ4v) is 6.43. The lowest BCUT2D eigenvalue weighted by Crippen LogP contribution is -2.36. The number of thioether (sulfide) groups is 1. The number of para-hydroxylation sites is 2. The Hall–Kier alpha value is -1.58. The number of esters is 1.